The van der Waals surface area contributed by atoms with E-state index in [9.17, 15) is 14.7 Å². The number of anilines is 1. The maximum absolute atomic E-state index is 12.7. The number of aryl methyl sites for hydroxylation is 2. The van der Waals surface area contributed by atoms with E-state index in [0.717, 1.165) is 45.4 Å². The second kappa shape index (κ2) is 10.1. The minimum Gasteiger partial charge on any atom is -0.481 e. The van der Waals surface area contributed by atoms with Crippen molar-refractivity contribution in [3.63, 3.8) is 0 Å². The lowest BCUT2D eigenvalue weighted by atomic mass is 9.95. The number of carboxylic acid groups (broad SMARTS) is 1. The van der Waals surface area contributed by atoms with E-state index < -0.39 is 24.1 Å². The molecule has 37 heavy (non-hydrogen) atoms. The number of benzene rings is 3. The summed E-state index contributed by atoms with van der Waals surface area (Å²) in [6, 6.07) is 21.2. The van der Waals surface area contributed by atoms with Gasteiger partial charge in [0.1, 0.15) is 11.9 Å². The Hall–Kier alpha value is -4.10. The molecule has 5 rings (SSSR count). The predicted octanol–water partition coefficient (Wildman–Crippen LogP) is 6.83. The van der Waals surface area contributed by atoms with Crippen molar-refractivity contribution in [3.8, 4) is 22.3 Å². The zero-order chi connectivity index (χ0) is 26.1. The first-order valence-electron chi connectivity index (χ1n) is 12.0. The highest BCUT2D eigenvalue weighted by atomic mass is 35.5. The van der Waals surface area contributed by atoms with Gasteiger partial charge in [-0.05, 0) is 53.6 Å². The molecular formula is C29H26ClN3O4. The minimum absolute atomic E-state index is 0.446. The number of aromatic nitrogens is 2. The van der Waals surface area contributed by atoms with Gasteiger partial charge < -0.3 is 9.84 Å². The standard InChI is InChI=1S/C29H26ClN3O4/c1-17(22-5-3-4-6-26(22)30)37-29(36)32-27-25(16-31-33(27)2)20-9-7-18(8-10-20)21-12-11-19-13-14-23(28(34)35)24(19)15-21/h3-12,15-17,23H,13-14H2,1-2H3,(H,32,36)(H,34,35). The van der Waals surface area contributed by atoms with Crippen LogP contribution in [0.2, 0.25) is 5.02 Å². The molecule has 0 saturated heterocycles. The Morgan fingerprint density at radius 1 is 1.08 bits per heavy atom. The molecule has 7 nitrogen and oxygen atoms in total. The van der Waals surface area contributed by atoms with Gasteiger partial charge in [-0.3, -0.25) is 14.8 Å². The van der Waals surface area contributed by atoms with Gasteiger partial charge in [0, 0.05) is 23.2 Å². The normalized spacial score (nSPS) is 15.2. The molecular weight excluding hydrogens is 490 g/mol. The van der Waals surface area contributed by atoms with Gasteiger partial charge in [-0.2, -0.15) is 5.10 Å². The van der Waals surface area contributed by atoms with Gasteiger partial charge in [-0.25, -0.2) is 4.79 Å². The number of amides is 1. The first-order chi connectivity index (χ1) is 17.8. The number of fused-ring (bicyclic) bond motifs is 1. The van der Waals surface area contributed by atoms with Gasteiger partial charge in [-0.1, -0.05) is 72.3 Å². The summed E-state index contributed by atoms with van der Waals surface area (Å²) in [4.78, 5) is 24.3. The number of halogens is 1. The van der Waals surface area contributed by atoms with Crippen LogP contribution in [0.5, 0.6) is 0 Å². The highest BCUT2D eigenvalue weighted by molar-refractivity contribution is 6.31. The number of aliphatic carboxylic acids is 1. The Bertz CT molecular complexity index is 1480. The maximum atomic E-state index is 12.7. The molecule has 0 saturated carbocycles. The van der Waals surface area contributed by atoms with Gasteiger partial charge in [-0.15, -0.1) is 0 Å². The number of nitrogens with zero attached hydrogens (tertiary/aromatic N) is 2. The number of rotatable bonds is 6. The van der Waals surface area contributed by atoms with Gasteiger partial charge >= 0.3 is 12.1 Å². The van der Waals surface area contributed by atoms with Crippen molar-refractivity contribution in [3.05, 3.63) is 94.6 Å². The van der Waals surface area contributed by atoms with Gasteiger partial charge in [0.15, 0.2) is 0 Å². The SMILES string of the molecule is CC(OC(=O)Nc1c(-c2ccc(-c3ccc4c(c3)C(C(=O)O)CC4)cc2)cnn1C)c1ccccc1Cl. The molecule has 0 spiro atoms. The predicted molar refractivity (Wildman–Crippen MR) is 143 cm³/mol. The smallest absolute Gasteiger partial charge is 0.413 e. The van der Waals surface area contributed by atoms with E-state index in [0.29, 0.717) is 17.3 Å². The van der Waals surface area contributed by atoms with Crippen molar-refractivity contribution < 1.29 is 19.4 Å². The maximum Gasteiger partial charge on any atom is 0.413 e. The molecule has 0 bridgehead atoms. The molecule has 0 aliphatic heterocycles. The quantitative estimate of drug-likeness (QED) is 0.293. The highest BCUT2D eigenvalue weighted by Gasteiger charge is 2.28. The monoisotopic (exact) mass is 515 g/mol. The summed E-state index contributed by atoms with van der Waals surface area (Å²) in [7, 11) is 1.74. The third kappa shape index (κ3) is 4.95. The molecule has 3 aromatic carbocycles. The summed E-state index contributed by atoms with van der Waals surface area (Å²) in [6.07, 6.45) is 1.98. The van der Waals surface area contributed by atoms with E-state index in [2.05, 4.69) is 10.4 Å². The van der Waals surface area contributed by atoms with Crippen molar-refractivity contribution in [2.75, 3.05) is 5.32 Å². The second-order valence-corrected chi connectivity index (χ2v) is 9.55. The lowest BCUT2D eigenvalue weighted by Crippen LogP contribution is -2.18. The first kappa shape index (κ1) is 24.6. The van der Waals surface area contributed by atoms with Crippen LogP contribution in [0.25, 0.3) is 22.3 Å². The summed E-state index contributed by atoms with van der Waals surface area (Å²) < 4.78 is 7.14. The number of hydrogen-bond donors (Lipinski definition) is 2. The number of carbonyl (C=O) groups is 2. The second-order valence-electron chi connectivity index (χ2n) is 9.14. The zero-order valence-electron chi connectivity index (χ0n) is 20.4. The molecule has 1 aliphatic carbocycles. The number of hydrogen-bond acceptors (Lipinski definition) is 4. The summed E-state index contributed by atoms with van der Waals surface area (Å²) in [5, 5.41) is 17.2. The Kier molecular flexibility index (Phi) is 6.72. The zero-order valence-corrected chi connectivity index (χ0v) is 21.2. The van der Waals surface area contributed by atoms with Crippen LogP contribution in [0.1, 0.15) is 42.1 Å². The molecule has 2 N–H and O–H groups in total. The summed E-state index contributed by atoms with van der Waals surface area (Å²) in [5.41, 5.74) is 6.30. The van der Waals surface area contributed by atoms with Gasteiger partial charge in [0.2, 0.25) is 0 Å². The molecule has 0 radical (unpaired) electrons. The minimum atomic E-state index is -0.775. The van der Waals surface area contributed by atoms with Gasteiger partial charge in [0.05, 0.1) is 12.1 Å². The van der Waals surface area contributed by atoms with E-state index in [-0.39, 0.29) is 0 Å². The fourth-order valence-corrected chi connectivity index (χ4v) is 5.12. The number of ether oxygens (including phenoxy) is 1. The van der Waals surface area contributed by atoms with Crippen LogP contribution in [0.4, 0.5) is 10.6 Å². The fourth-order valence-electron chi connectivity index (χ4n) is 4.83. The Labute approximate surface area is 219 Å². The van der Waals surface area contributed by atoms with Crippen molar-refractivity contribution in [2.45, 2.75) is 31.8 Å². The van der Waals surface area contributed by atoms with Crippen LogP contribution in [-0.4, -0.2) is 26.9 Å². The Morgan fingerprint density at radius 2 is 1.78 bits per heavy atom. The number of nitrogens with one attached hydrogen (secondary N) is 1. The van der Waals surface area contributed by atoms with Crippen LogP contribution < -0.4 is 5.32 Å². The number of carbonyl (C=O) groups excluding carboxylic acids is 1. The fraction of sp³-hybridized carbons (Fsp3) is 0.207. The third-order valence-corrected chi connectivity index (χ3v) is 7.18. The summed E-state index contributed by atoms with van der Waals surface area (Å²) >= 11 is 6.23. The van der Waals surface area contributed by atoms with Crippen LogP contribution in [0.3, 0.4) is 0 Å². The van der Waals surface area contributed by atoms with Crippen molar-refractivity contribution in [1.82, 2.24) is 9.78 Å². The van der Waals surface area contributed by atoms with Crippen LogP contribution in [-0.2, 0) is 23.0 Å². The average molecular weight is 516 g/mol. The third-order valence-electron chi connectivity index (χ3n) is 6.84. The highest BCUT2D eigenvalue weighted by Crippen LogP contribution is 2.37. The molecule has 4 aromatic rings. The van der Waals surface area contributed by atoms with Crippen molar-refractivity contribution in [1.29, 1.82) is 0 Å². The van der Waals surface area contributed by atoms with E-state index in [1.807, 2.05) is 60.7 Å². The van der Waals surface area contributed by atoms with E-state index in [1.165, 1.54) is 0 Å². The lowest BCUT2D eigenvalue weighted by Gasteiger charge is -2.16. The molecule has 1 aliphatic rings. The van der Waals surface area contributed by atoms with E-state index >= 15 is 0 Å². The van der Waals surface area contributed by atoms with Gasteiger partial charge in [0.25, 0.3) is 0 Å². The summed E-state index contributed by atoms with van der Waals surface area (Å²) in [5.74, 6) is -0.716. The van der Waals surface area contributed by atoms with Crippen LogP contribution in [0, 0.1) is 0 Å². The Balaban J connectivity index is 1.34. The van der Waals surface area contributed by atoms with Crippen molar-refractivity contribution >= 4 is 29.5 Å². The topological polar surface area (TPSA) is 93.4 Å². The van der Waals surface area contributed by atoms with Crippen LogP contribution in [0.15, 0.2) is 72.9 Å². The lowest BCUT2D eigenvalue weighted by molar-refractivity contribution is -0.138. The first-order valence-corrected chi connectivity index (χ1v) is 12.4. The Morgan fingerprint density at radius 3 is 2.51 bits per heavy atom. The molecule has 1 heterocycles. The average Bonchev–Trinajstić information content (AvgIpc) is 3.47. The van der Waals surface area contributed by atoms with Crippen LogP contribution >= 0.6 is 11.6 Å². The molecule has 2 atom stereocenters. The molecule has 2 unspecified atom stereocenters. The van der Waals surface area contributed by atoms with E-state index in [1.54, 1.807) is 30.9 Å². The molecule has 188 valence electrons. The molecule has 1 aromatic heterocycles. The molecule has 0 fully saturated rings. The number of carboxylic acids is 1. The largest absolute Gasteiger partial charge is 0.481 e. The van der Waals surface area contributed by atoms with Crippen molar-refractivity contribution in [2.24, 2.45) is 7.05 Å². The summed E-state index contributed by atoms with van der Waals surface area (Å²) in [6.45, 7) is 1.77. The molecule has 8 heteroatoms. The molecule has 1 amide bonds. The van der Waals surface area contributed by atoms with E-state index in [4.69, 9.17) is 16.3 Å².